The second-order valence-corrected chi connectivity index (χ2v) is 6.04. The van der Waals surface area contributed by atoms with Gasteiger partial charge in [0.1, 0.15) is 0 Å². The van der Waals surface area contributed by atoms with Crippen LogP contribution < -0.4 is 0 Å². The van der Waals surface area contributed by atoms with E-state index < -0.39 is 5.97 Å². The van der Waals surface area contributed by atoms with E-state index in [1.807, 2.05) is 14.1 Å². The van der Waals surface area contributed by atoms with Gasteiger partial charge < -0.3 is 10.0 Å². The van der Waals surface area contributed by atoms with Crippen LogP contribution in [-0.4, -0.2) is 36.6 Å². The predicted octanol–water partition coefficient (Wildman–Crippen LogP) is 2.39. The van der Waals surface area contributed by atoms with E-state index in [1.165, 1.54) is 12.0 Å². The molecule has 17 heavy (non-hydrogen) atoms. The quantitative estimate of drug-likeness (QED) is 0.746. The minimum atomic E-state index is -0.649. The summed E-state index contributed by atoms with van der Waals surface area (Å²) in [5.41, 5.74) is 1.53. The molecule has 0 aromatic rings. The van der Waals surface area contributed by atoms with Crippen molar-refractivity contribution in [2.75, 3.05) is 20.6 Å². The average molecular weight is 237 g/mol. The maximum atomic E-state index is 11.1. The Kier molecular flexibility index (Phi) is 3.30. The van der Waals surface area contributed by atoms with Gasteiger partial charge in [-0.3, -0.25) is 4.79 Å². The number of carboxylic acids is 1. The van der Waals surface area contributed by atoms with Crippen LogP contribution in [0, 0.1) is 17.3 Å². The standard InChI is InChI=1S/C14H23NO2/c1-4-10-5-11-7-14(8-13(16)17,9-15(2)3)12(11)6-10/h6,11-12H,4-5,7-9H2,1-3H3,(H,16,17)/t11-,12-,14-/m1/s1. The molecule has 0 radical (unpaired) electrons. The molecule has 3 nitrogen and oxygen atoms in total. The largest absolute Gasteiger partial charge is 0.481 e. The third-order valence-corrected chi connectivity index (χ3v) is 4.41. The molecule has 0 aliphatic heterocycles. The van der Waals surface area contributed by atoms with Crippen molar-refractivity contribution < 1.29 is 9.90 Å². The fourth-order valence-electron chi connectivity index (χ4n) is 3.90. The molecule has 0 heterocycles. The summed E-state index contributed by atoms with van der Waals surface area (Å²) < 4.78 is 0. The third kappa shape index (κ3) is 2.25. The van der Waals surface area contributed by atoms with Crippen molar-refractivity contribution in [3.8, 4) is 0 Å². The lowest BCUT2D eigenvalue weighted by molar-refractivity contribution is -0.145. The Morgan fingerprint density at radius 1 is 1.59 bits per heavy atom. The number of nitrogens with zero attached hydrogens (tertiary/aromatic N) is 1. The van der Waals surface area contributed by atoms with Crippen LogP contribution in [0.1, 0.15) is 32.6 Å². The average Bonchev–Trinajstić information content (AvgIpc) is 2.54. The Balaban J connectivity index is 2.14. The second kappa shape index (κ2) is 4.45. The smallest absolute Gasteiger partial charge is 0.303 e. The van der Waals surface area contributed by atoms with Gasteiger partial charge in [0.25, 0.3) is 0 Å². The van der Waals surface area contributed by atoms with Gasteiger partial charge in [-0.15, -0.1) is 0 Å². The lowest BCUT2D eigenvalue weighted by Gasteiger charge is -2.53. The molecular weight excluding hydrogens is 214 g/mol. The van der Waals surface area contributed by atoms with Crippen molar-refractivity contribution in [2.45, 2.75) is 32.6 Å². The molecule has 2 aliphatic carbocycles. The number of allylic oxidation sites excluding steroid dienone is 2. The van der Waals surface area contributed by atoms with Crippen LogP contribution in [0.4, 0.5) is 0 Å². The van der Waals surface area contributed by atoms with Gasteiger partial charge in [-0.1, -0.05) is 18.6 Å². The van der Waals surface area contributed by atoms with Crippen LogP contribution in [0.5, 0.6) is 0 Å². The van der Waals surface area contributed by atoms with Crippen LogP contribution in [0.3, 0.4) is 0 Å². The summed E-state index contributed by atoms with van der Waals surface area (Å²) >= 11 is 0. The van der Waals surface area contributed by atoms with Gasteiger partial charge in [-0.25, -0.2) is 0 Å². The van der Waals surface area contributed by atoms with E-state index in [-0.39, 0.29) is 5.41 Å². The van der Waals surface area contributed by atoms with Gasteiger partial charge in [-0.05, 0) is 45.2 Å². The van der Waals surface area contributed by atoms with Gasteiger partial charge in [0.15, 0.2) is 0 Å². The minimum Gasteiger partial charge on any atom is -0.481 e. The molecule has 1 N–H and O–H groups in total. The maximum Gasteiger partial charge on any atom is 0.303 e. The van der Waals surface area contributed by atoms with Crippen molar-refractivity contribution in [2.24, 2.45) is 17.3 Å². The van der Waals surface area contributed by atoms with Crippen LogP contribution in [-0.2, 0) is 4.79 Å². The molecule has 3 atom stereocenters. The lowest BCUT2D eigenvalue weighted by Crippen LogP contribution is -2.52. The molecule has 0 bridgehead atoms. The molecule has 0 spiro atoms. The SMILES string of the molecule is CCC1=C[C@@H]2[C@H](C1)C[C@@]2(CC(=O)O)CN(C)C. The third-order valence-electron chi connectivity index (χ3n) is 4.41. The van der Waals surface area contributed by atoms with E-state index >= 15 is 0 Å². The van der Waals surface area contributed by atoms with Crippen LogP contribution in [0.2, 0.25) is 0 Å². The van der Waals surface area contributed by atoms with Gasteiger partial charge in [0.2, 0.25) is 0 Å². The van der Waals surface area contributed by atoms with E-state index in [0.717, 1.165) is 25.3 Å². The summed E-state index contributed by atoms with van der Waals surface area (Å²) in [6.45, 7) is 3.09. The van der Waals surface area contributed by atoms with Crippen molar-refractivity contribution in [1.29, 1.82) is 0 Å². The van der Waals surface area contributed by atoms with E-state index in [2.05, 4.69) is 17.9 Å². The van der Waals surface area contributed by atoms with E-state index in [9.17, 15) is 4.79 Å². The number of hydrogen-bond acceptors (Lipinski definition) is 2. The predicted molar refractivity (Wildman–Crippen MR) is 67.8 cm³/mol. The lowest BCUT2D eigenvalue weighted by atomic mass is 9.53. The number of carboxylic acid groups (broad SMARTS) is 1. The zero-order valence-electron chi connectivity index (χ0n) is 11.1. The van der Waals surface area contributed by atoms with Crippen LogP contribution in [0.15, 0.2) is 11.6 Å². The van der Waals surface area contributed by atoms with Crippen molar-refractivity contribution in [3.63, 3.8) is 0 Å². The van der Waals surface area contributed by atoms with Gasteiger partial charge >= 0.3 is 5.97 Å². The Bertz CT molecular complexity index is 348. The number of aliphatic carboxylic acids is 1. The summed E-state index contributed by atoms with van der Waals surface area (Å²) in [5, 5.41) is 9.13. The fourth-order valence-corrected chi connectivity index (χ4v) is 3.90. The number of carbonyl (C=O) groups is 1. The fraction of sp³-hybridized carbons (Fsp3) is 0.786. The monoisotopic (exact) mass is 237 g/mol. The van der Waals surface area contributed by atoms with Crippen LogP contribution in [0.25, 0.3) is 0 Å². The summed E-state index contributed by atoms with van der Waals surface area (Å²) in [6.07, 6.45) is 6.11. The molecular formula is C14H23NO2. The molecule has 1 saturated carbocycles. The topological polar surface area (TPSA) is 40.5 Å². The Hall–Kier alpha value is -0.830. The minimum absolute atomic E-state index is 0.00306. The zero-order valence-corrected chi connectivity index (χ0v) is 11.1. The highest BCUT2D eigenvalue weighted by Crippen LogP contribution is 2.60. The molecule has 3 heteroatoms. The first-order chi connectivity index (χ1) is 7.97. The number of rotatable bonds is 5. The highest BCUT2D eigenvalue weighted by atomic mass is 16.4. The molecule has 0 saturated heterocycles. The maximum absolute atomic E-state index is 11.1. The van der Waals surface area contributed by atoms with E-state index in [4.69, 9.17) is 5.11 Å². The highest BCUT2D eigenvalue weighted by molar-refractivity contribution is 5.68. The number of hydrogen-bond donors (Lipinski definition) is 1. The van der Waals surface area contributed by atoms with E-state index in [0.29, 0.717) is 12.3 Å². The molecule has 2 rings (SSSR count). The second-order valence-electron chi connectivity index (χ2n) is 6.04. The normalized spacial score (nSPS) is 35.4. The zero-order chi connectivity index (χ0) is 12.6. The van der Waals surface area contributed by atoms with E-state index in [1.54, 1.807) is 0 Å². The Morgan fingerprint density at radius 3 is 2.82 bits per heavy atom. The van der Waals surface area contributed by atoms with Crippen molar-refractivity contribution >= 4 is 5.97 Å². The molecule has 0 aromatic carbocycles. The Labute approximate surface area is 103 Å². The molecule has 1 fully saturated rings. The highest BCUT2D eigenvalue weighted by Gasteiger charge is 2.55. The first-order valence-corrected chi connectivity index (χ1v) is 6.53. The number of fused-ring (bicyclic) bond motifs is 1. The molecule has 0 aromatic heterocycles. The van der Waals surface area contributed by atoms with Crippen molar-refractivity contribution in [1.82, 2.24) is 4.90 Å². The van der Waals surface area contributed by atoms with Gasteiger partial charge in [-0.2, -0.15) is 0 Å². The summed E-state index contributed by atoms with van der Waals surface area (Å²) in [5.74, 6) is 0.587. The molecule has 2 aliphatic rings. The molecule has 0 unspecified atom stereocenters. The van der Waals surface area contributed by atoms with Crippen LogP contribution >= 0.6 is 0 Å². The molecule has 0 amide bonds. The summed E-state index contributed by atoms with van der Waals surface area (Å²) in [6, 6.07) is 0. The first-order valence-electron chi connectivity index (χ1n) is 6.53. The Morgan fingerprint density at radius 2 is 2.29 bits per heavy atom. The molecule has 96 valence electrons. The van der Waals surface area contributed by atoms with Crippen molar-refractivity contribution in [3.05, 3.63) is 11.6 Å². The van der Waals surface area contributed by atoms with Gasteiger partial charge in [0.05, 0.1) is 6.42 Å². The first kappa shape index (κ1) is 12.6. The summed E-state index contributed by atoms with van der Waals surface area (Å²) in [4.78, 5) is 13.2. The summed E-state index contributed by atoms with van der Waals surface area (Å²) in [7, 11) is 4.08. The van der Waals surface area contributed by atoms with Gasteiger partial charge in [0, 0.05) is 12.0 Å².